The van der Waals surface area contributed by atoms with E-state index >= 15 is 0 Å². The molecule has 0 aliphatic carbocycles. The van der Waals surface area contributed by atoms with E-state index in [-0.39, 0.29) is 11.8 Å². The van der Waals surface area contributed by atoms with Crippen molar-refractivity contribution in [2.24, 2.45) is 0 Å². The van der Waals surface area contributed by atoms with Crippen LogP contribution in [0.2, 0.25) is 0 Å². The zero-order valence-corrected chi connectivity index (χ0v) is 15.7. The van der Waals surface area contributed by atoms with Crippen LogP contribution in [-0.2, 0) is 0 Å². The highest BCUT2D eigenvalue weighted by molar-refractivity contribution is 5.95. The van der Waals surface area contributed by atoms with Crippen LogP contribution in [0.25, 0.3) is 11.4 Å². The normalized spacial score (nSPS) is 15.1. The van der Waals surface area contributed by atoms with Crippen LogP contribution >= 0.6 is 0 Å². The van der Waals surface area contributed by atoms with Gasteiger partial charge in [-0.1, -0.05) is 53.2 Å². The van der Waals surface area contributed by atoms with Crippen LogP contribution < -0.4 is 0 Å². The van der Waals surface area contributed by atoms with Gasteiger partial charge < -0.3 is 9.42 Å². The SMILES string of the molecule is Cc1ccc(-c2noc(C3CCN(C(=O)c4ccccc4C)CC3)n2)cc1. The summed E-state index contributed by atoms with van der Waals surface area (Å²) in [4.78, 5) is 19.3. The summed E-state index contributed by atoms with van der Waals surface area (Å²) < 4.78 is 5.52. The molecular weight excluding hydrogens is 338 g/mol. The first-order valence-electron chi connectivity index (χ1n) is 9.37. The number of amides is 1. The predicted octanol–water partition coefficient (Wildman–Crippen LogP) is 4.37. The fraction of sp³-hybridized carbons (Fsp3) is 0.318. The minimum Gasteiger partial charge on any atom is -0.339 e. The second-order valence-electron chi connectivity index (χ2n) is 7.20. The van der Waals surface area contributed by atoms with Crippen LogP contribution in [-0.4, -0.2) is 34.0 Å². The van der Waals surface area contributed by atoms with E-state index in [2.05, 4.69) is 17.1 Å². The molecule has 0 spiro atoms. The molecule has 0 bridgehead atoms. The highest BCUT2D eigenvalue weighted by atomic mass is 16.5. The van der Waals surface area contributed by atoms with Crippen LogP contribution in [0, 0.1) is 13.8 Å². The van der Waals surface area contributed by atoms with Gasteiger partial charge in [-0.05, 0) is 38.3 Å². The van der Waals surface area contributed by atoms with Gasteiger partial charge in [0, 0.05) is 30.1 Å². The zero-order chi connectivity index (χ0) is 18.8. The van der Waals surface area contributed by atoms with Crippen molar-refractivity contribution in [3.8, 4) is 11.4 Å². The van der Waals surface area contributed by atoms with Gasteiger partial charge in [0.25, 0.3) is 5.91 Å². The molecule has 1 aromatic heterocycles. The predicted molar refractivity (Wildman–Crippen MR) is 104 cm³/mol. The van der Waals surface area contributed by atoms with Crippen molar-refractivity contribution in [3.63, 3.8) is 0 Å². The maximum absolute atomic E-state index is 12.8. The molecule has 1 amide bonds. The molecule has 27 heavy (non-hydrogen) atoms. The van der Waals surface area contributed by atoms with Crippen molar-refractivity contribution in [1.29, 1.82) is 0 Å². The molecular formula is C22H23N3O2. The number of hydrogen-bond acceptors (Lipinski definition) is 4. The Bertz CT molecular complexity index is 938. The molecule has 5 nitrogen and oxygen atoms in total. The lowest BCUT2D eigenvalue weighted by atomic mass is 9.96. The molecule has 1 fully saturated rings. The molecule has 1 saturated heterocycles. The summed E-state index contributed by atoms with van der Waals surface area (Å²) in [6.07, 6.45) is 1.68. The molecule has 4 rings (SSSR count). The van der Waals surface area contributed by atoms with Crippen molar-refractivity contribution in [3.05, 3.63) is 71.1 Å². The molecule has 3 aromatic rings. The van der Waals surface area contributed by atoms with E-state index < -0.39 is 0 Å². The van der Waals surface area contributed by atoms with E-state index in [1.165, 1.54) is 5.56 Å². The number of aromatic nitrogens is 2. The Balaban J connectivity index is 1.42. The average molecular weight is 361 g/mol. The van der Waals surface area contributed by atoms with Gasteiger partial charge in [0.2, 0.25) is 11.7 Å². The number of carbonyl (C=O) groups excluding carboxylic acids is 1. The molecule has 138 valence electrons. The number of benzene rings is 2. The Morgan fingerprint density at radius 1 is 1.04 bits per heavy atom. The lowest BCUT2D eigenvalue weighted by Crippen LogP contribution is -2.38. The van der Waals surface area contributed by atoms with Crippen LogP contribution in [0.3, 0.4) is 0 Å². The Morgan fingerprint density at radius 2 is 1.74 bits per heavy atom. The largest absolute Gasteiger partial charge is 0.339 e. The smallest absolute Gasteiger partial charge is 0.254 e. The van der Waals surface area contributed by atoms with Crippen LogP contribution in [0.4, 0.5) is 0 Å². The number of carbonyl (C=O) groups is 1. The third-order valence-electron chi connectivity index (χ3n) is 5.26. The van der Waals surface area contributed by atoms with E-state index in [1.807, 2.05) is 60.4 Å². The molecule has 0 atom stereocenters. The van der Waals surface area contributed by atoms with Crippen molar-refractivity contribution in [2.75, 3.05) is 13.1 Å². The molecule has 0 N–H and O–H groups in total. The summed E-state index contributed by atoms with van der Waals surface area (Å²) in [6.45, 7) is 5.45. The third kappa shape index (κ3) is 3.63. The first kappa shape index (κ1) is 17.5. The molecule has 2 heterocycles. The van der Waals surface area contributed by atoms with Gasteiger partial charge in [0.05, 0.1) is 0 Å². The summed E-state index contributed by atoms with van der Waals surface area (Å²) in [5.74, 6) is 1.62. The van der Waals surface area contributed by atoms with E-state index in [4.69, 9.17) is 4.52 Å². The van der Waals surface area contributed by atoms with Gasteiger partial charge in [-0.2, -0.15) is 4.98 Å². The second-order valence-corrected chi connectivity index (χ2v) is 7.20. The summed E-state index contributed by atoms with van der Waals surface area (Å²) >= 11 is 0. The summed E-state index contributed by atoms with van der Waals surface area (Å²) in [6, 6.07) is 15.8. The van der Waals surface area contributed by atoms with Gasteiger partial charge in [-0.3, -0.25) is 4.79 Å². The number of piperidine rings is 1. The van der Waals surface area contributed by atoms with Gasteiger partial charge >= 0.3 is 0 Å². The van der Waals surface area contributed by atoms with Crippen LogP contribution in [0.5, 0.6) is 0 Å². The molecule has 0 unspecified atom stereocenters. The number of rotatable bonds is 3. The fourth-order valence-corrected chi connectivity index (χ4v) is 3.53. The Labute approximate surface area is 159 Å². The average Bonchev–Trinajstić information content (AvgIpc) is 3.19. The first-order valence-corrected chi connectivity index (χ1v) is 9.37. The molecule has 2 aromatic carbocycles. The first-order chi connectivity index (χ1) is 13.1. The van der Waals surface area contributed by atoms with Crippen molar-refractivity contribution in [1.82, 2.24) is 15.0 Å². The standard InChI is InChI=1S/C22H23N3O2/c1-15-7-9-17(10-8-15)20-23-21(27-24-20)18-11-13-25(14-12-18)22(26)19-6-4-3-5-16(19)2/h3-10,18H,11-14H2,1-2H3. The maximum atomic E-state index is 12.8. The Morgan fingerprint density at radius 3 is 2.44 bits per heavy atom. The quantitative estimate of drug-likeness (QED) is 0.695. The number of likely N-dealkylation sites (tertiary alicyclic amines) is 1. The fourth-order valence-electron chi connectivity index (χ4n) is 3.53. The van der Waals surface area contributed by atoms with Crippen LogP contribution in [0.15, 0.2) is 53.1 Å². The summed E-state index contributed by atoms with van der Waals surface area (Å²) in [5, 5.41) is 4.14. The van der Waals surface area contributed by atoms with Crippen LogP contribution in [0.1, 0.15) is 46.1 Å². The lowest BCUT2D eigenvalue weighted by Gasteiger charge is -2.30. The van der Waals surface area contributed by atoms with E-state index in [9.17, 15) is 4.79 Å². The topological polar surface area (TPSA) is 59.2 Å². The van der Waals surface area contributed by atoms with Crippen molar-refractivity contribution >= 4 is 5.91 Å². The maximum Gasteiger partial charge on any atom is 0.254 e. The third-order valence-corrected chi connectivity index (χ3v) is 5.26. The monoisotopic (exact) mass is 361 g/mol. The number of aryl methyl sites for hydroxylation is 2. The van der Waals surface area contributed by atoms with Crippen molar-refractivity contribution in [2.45, 2.75) is 32.6 Å². The minimum absolute atomic E-state index is 0.109. The molecule has 0 saturated carbocycles. The molecule has 5 heteroatoms. The van der Waals surface area contributed by atoms with Gasteiger partial charge in [0.1, 0.15) is 0 Å². The Kier molecular flexibility index (Phi) is 4.75. The van der Waals surface area contributed by atoms with Crippen molar-refractivity contribution < 1.29 is 9.32 Å². The van der Waals surface area contributed by atoms with E-state index in [0.717, 1.165) is 29.5 Å². The molecule has 0 radical (unpaired) electrons. The van der Waals surface area contributed by atoms with Gasteiger partial charge in [0.15, 0.2) is 0 Å². The van der Waals surface area contributed by atoms with E-state index in [1.54, 1.807) is 0 Å². The highest BCUT2D eigenvalue weighted by Gasteiger charge is 2.28. The number of hydrogen-bond donors (Lipinski definition) is 0. The zero-order valence-electron chi connectivity index (χ0n) is 15.7. The minimum atomic E-state index is 0.109. The highest BCUT2D eigenvalue weighted by Crippen LogP contribution is 2.29. The van der Waals surface area contributed by atoms with Gasteiger partial charge in [-0.15, -0.1) is 0 Å². The summed E-state index contributed by atoms with van der Waals surface area (Å²) in [5.41, 5.74) is 3.97. The van der Waals surface area contributed by atoms with Gasteiger partial charge in [-0.25, -0.2) is 0 Å². The number of nitrogens with zero attached hydrogens (tertiary/aromatic N) is 3. The second kappa shape index (κ2) is 7.35. The molecule has 1 aliphatic heterocycles. The lowest BCUT2D eigenvalue weighted by molar-refractivity contribution is 0.0704. The Hall–Kier alpha value is -2.95. The van der Waals surface area contributed by atoms with E-state index in [0.29, 0.717) is 24.8 Å². The molecule has 1 aliphatic rings. The summed E-state index contributed by atoms with van der Waals surface area (Å²) in [7, 11) is 0.